The number of anilines is 1. The van der Waals surface area contributed by atoms with Crippen molar-refractivity contribution in [2.24, 2.45) is 0 Å². The highest BCUT2D eigenvalue weighted by atomic mass is 35.5. The molecule has 1 aromatic heterocycles. The maximum atomic E-state index is 9.27. The minimum atomic E-state index is 0.240. The summed E-state index contributed by atoms with van der Waals surface area (Å²) in [6.07, 6.45) is 2.13. The van der Waals surface area contributed by atoms with Crippen LogP contribution in [0.2, 0.25) is 5.15 Å². The highest BCUT2D eigenvalue weighted by Gasteiger charge is 2.30. The zero-order chi connectivity index (χ0) is 14.8. The Balaban J connectivity index is 1.97. The lowest BCUT2D eigenvalue weighted by atomic mass is 10.0. The van der Waals surface area contributed by atoms with Crippen molar-refractivity contribution in [2.75, 3.05) is 18.6 Å². The lowest BCUT2D eigenvalue weighted by Gasteiger charge is -2.25. The average Bonchev–Trinajstić information content (AvgIpc) is 3.13. The molecule has 21 heavy (non-hydrogen) atoms. The number of hydrogen-bond acceptors (Lipinski definition) is 5. The highest BCUT2D eigenvalue weighted by molar-refractivity contribution is 7.10. The molecule has 0 radical (unpaired) electrons. The second kappa shape index (κ2) is 5.92. The first-order chi connectivity index (χ1) is 10.2. The number of rotatable bonds is 3. The van der Waals surface area contributed by atoms with E-state index in [-0.39, 0.29) is 6.04 Å². The van der Waals surface area contributed by atoms with E-state index in [1.807, 2.05) is 12.1 Å². The molecular formula is C15H14ClN3OS. The van der Waals surface area contributed by atoms with Crippen molar-refractivity contribution in [1.82, 2.24) is 4.37 Å². The lowest BCUT2D eigenvalue weighted by Crippen LogP contribution is -2.22. The molecule has 4 nitrogen and oxygen atoms in total. The standard InChI is InChI=1S/C15H14ClN3OS/c1-20-11-5-2-4-10(8-11)13-6-3-7-19(13)15-12(9-17)14(16)18-21-15/h2,4-5,8,13H,3,6-7H2,1H3. The molecule has 6 heteroatoms. The number of hydrogen-bond donors (Lipinski definition) is 0. The Morgan fingerprint density at radius 2 is 2.38 bits per heavy atom. The molecule has 2 heterocycles. The minimum Gasteiger partial charge on any atom is -0.497 e. The quantitative estimate of drug-likeness (QED) is 0.857. The average molecular weight is 320 g/mol. The van der Waals surface area contributed by atoms with Crippen LogP contribution in [0.4, 0.5) is 5.00 Å². The maximum absolute atomic E-state index is 9.27. The van der Waals surface area contributed by atoms with E-state index in [1.54, 1.807) is 7.11 Å². The monoisotopic (exact) mass is 319 g/mol. The number of nitriles is 1. The Kier molecular flexibility index (Phi) is 4.00. The van der Waals surface area contributed by atoms with Crippen LogP contribution in [0.3, 0.4) is 0 Å². The number of benzene rings is 1. The third kappa shape index (κ3) is 2.57. The van der Waals surface area contributed by atoms with Crippen LogP contribution in [0.15, 0.2) is 24.3 Å². The van der Waals surface area contributed by atoms with Crippen molar-refractivity contribution in [3.63, 3.8) is 0 Å². The van der Waals surface area contributed by atoms with Crippen molar-refractivity contribution in [1.29, 1.82) is 5.26 Å². The molecular weight excluding hydrogens is 306 g/mol. The maximum Gasteiger partial charge on any atom is 0.162 e. The molecule has 3 rings (SSSR count). The van der Waals surface area contributed by atoms with Crippen LogP contribution in [0, 0.1) is 11.3 Å². The summed E-state index contributed by atoms with van der Waals surface area (Å²) in [4.78, 5) is 2.23. The minimum absolute atomic E-state index is 0.240. The zero-order valence-corrected chi connectivity index (χ0v) is 13.1. The Morgan fingerprint density at radius 1 is 1.52 bits per heavy atom. The van der Waals surface area contributed by atoms with Gasteiger partial charge in [0.15, 0.2) is 5.15 Å². The van der Waals surface area contributed by atoms with E-state index in [2.05, 4.69) is 27.5 Å². The first-order valence-electron chi connectivity index (χ1n) is 6.70. The number of methoxy groups -OCH3 is 1. The smallest absolute Gasteiger partial charge is 0.162 e. The molecule has 1 fully saturated rings. The van der Waals surface area contributed by atoms with Gasteiger partial charge in [0.1, 0.15) is 22.4 Å². The van der Waals surface area contributed by atoms with E-state index in [0.717, 1.165) is 30.1 Å². The number of aromatic nitrogens is 1. The summed E-state index contributed by atoms with van der Waals surface area (Å²) in [5.41, 5.74) is 1.68. The van der Waals surface area contributed by atoms with Crippen molar-refractivity contribution in [3.8, 4) is 11.8 Å². The Morgan fingerprint density at radius 3 is 3.14 bits per heavy atom. The molecule has 1 atom stereocenters. The van der Waals surface area contributed by atoms with Crippen LogP contribution in [0.1, 0.15) is 30.0 Å². The summed E-state index contributed by atoms with van der Waals surface area (Å²) in [5, 5.41) is 10.4. The van der Waals surface area contributed by atoms with Gasteiger partial charge in [-0.1, -0.05) is 23.7 Å². The molecule has 1 aliphatic heterocycles. The molecule has 0 N–H and O–H groups in total. The number of halogens is 1. The van der Waals surface area contributed by atoms with Gasteiger partial charge in [0.2, 0.25) is 0 Å². The van der Waals surface area contributed by atoms with E-state index in [0.29, 0.717) is 10.7 Å². The van der Waals surface area contributed by atoms with Crippen molar-refractivity contribution >= 4 is 28.1 Å². The Labute approximate surface area is 132 Å². The van der Waals surface area contributed by atoms with Crippen LogP contribution >= 0.6 is 23.1 Å². The molecule has 1 aromatic carbocycles. The van der Waals surface area contributed by atoms with Gasteiger partial charge in [-0.05, 0) is 42.1 Å². The van der Waals surface area contributed by atoms with Gasteiger partial charge in [0, 0.05) is 6.54 Å². The zero-order valence-electron chi connectivity index (χ0n) is 11.5. The van der Waals surface area contributed by atoms with Crippen LogP contribution in [-0.4, -0.2) is 18.0 Å². The van der Waals surface area contributed by atoms with Crippen LogP contribution < -0.4 is 9.64 Å². The Hall–Kier alpha value is -1.77. The molecule has 108 valence electrons. The summed E-state index contributed by atoms with van der Waals surface area (Å²) in [5.74, 6) is 0.849. The van der Waals surface area contributed by atoms with E-state index in [4.69, 9.17) is 16.3 Å². The van der Waals surface area contributed by atoms with Gasteiger partial charge >= 0.3 is 0 Å². The summed E-state index contributed by atoms with van der Waals surface area (Å²) in [7, 11) is 1.67. The lowest BCUT2D eigenvalue weighted by molar-refractivity contribution is 0.414. The van der Waals surface area contributed by atoms with Gasteiger partial charge < -0.3 is 9.64 Å². The third-order valence-corrected chi connectivity index (χ3v) is 5.00. The van der Waals surface area contributed by atoms with Crippen molar-refractivity contribution in [3.05, 3.63) is 40.5 Å². The molecule has 0 amide bonds. The van der Waals surface area contributed by atoms with Crippen LogP contribution in [0.25, 0.3) is 0 Å². The van der Waals surface area contributed by atoms with Gasteiger partial charge in [-0.3, -0.25) is 0 Å². The number of nitrogens with zero attached hydrogens (tertiary/aromatic N) is 3. The SMILES string of the molecule is COc1cccc(C2CCCN2c2snc(Cl)c2C#N)c1. The van der Waals surface area contributed by atoms with Gasteiger partial charge in [0.05, 0.1) is 13.2 Å². The van der Waals surface area contributed by atoms with Gasteiger partial charge in [-0.2, -0.15) is 9.64 Å². The fourth-order valence-corrected chi connectivity index (χ4v) is 3.86. The molecule has 0 spiro atoms. The van der Waals surface area contributed by atoms with E-state index >= 15 is 0 Å². The molecule has 0 aliphatic carbocycles. The normalized spacial score (nSPS) is 17.8. The second-order valence-electron chi connectivity index (χ2n) is 4.89. The number of ether oxygens (including phenoxy) is 1. The topological polar surface area (TPSA) is 49.1 Å². The second-order valence-corrected chi connectivity index (χ2v) is 6.00. The van der Waals surface area contributed by atoms with Gasteiger partial charge in [-0.15, -0.1) is 0 Å². The highest BCUT2D eigenvalue weighted by Crippen LogP contribution is 2.42. The molecule has 0 bridgehead atoms. The van der Waals surface area contributed by atoms with E-state index in [9.17, 15) is 5.26 Å². The predicted octanol–water partition coefficient (Wildman–Crippen LogP) is 4.02. The Bertz CT molecular complexity index is 694. The largest absolute Gasteiger partial charge is 0.497 e. The van der Waals surface area contributed by atoms with E-state index < -0.39 is 0 Å². The van der Waals surface area contributed by atoms with E-state index in [1.165, 1.54) is 17.1 Å². The predicted molar refractivity (Wildman–Crippen MR) is 84.2 cm³/mol. The summed E-state index contributed by atoms with van der Waals surface area (Å²) in [6.45, 7) is 0.912. The summed E-state index contributed by atoms with van der Waals surface area (Å²) < 4.78 is 9.41. The first kappa shape index (κ1) is 14.2. The fourth-order valence-electron chi connectivity index (χ4n) is 2.76. The molecule has 2 aromatic rings. The molecule has 0 saturated carbocycles. The summed E-state index contributed by atoms with van der Waals surface area (Å²) in [6, 6.07) is 10.5. The molecule has 1 saturated heterocycles. The fraction of sp³-hybridized carbons (Fsp3) is 0.333. The molecule has 1 aliphatic rings. The summed E-state index contributed by atoms with van der Waals surface area (Å²) >= 11 is 7.29. The third-order valence-electron chi connectivity index (χ3n) is 3.74. The van der Waals surface area contributed by atoms with Crippen molar-refractivity contribution < 1.29 is 4.74 Å². The molecule has 1 unspecified atom stereocenters. The van der Waals surface area contributed by atoms with Gasteiger partial charge in [-0.25, -0.2) is 0 Å². The van der Waals surface area contributed by atoms with Crippen molar-refractivity contribution in [2.45, 2.75) is 18.9 Å². The van der Waals surface area contributed by atoms with Gasteiger partial charge in [0.25, 0.3) is 0 Å². The van der Waals surface area contributed by atoms with Crippen LogP contribution in [0.5, 0.6) is 5.75 Å². The first-order valence-corrected chi connectivity index (χ1v) is 7.85. The van der Waals surface area contributed by atoms with Crippen LogP contribution in [-0.2, 0) is 0 Å².